The van der Waals surface area contributed by atoms with Crippen molar-refractivity contribution in [1.29, 1.82) is 0 Å². The third-order valence-corrected chi connectivity index (χ3v) is 3.75. The summed E-state index contributed by atoms with van der Waals surface area (Å²) >= 11 is 1.47. The lowest BCUT2D eigenvalue weighted by Gasteiger charge is -2.22. The fourth-order valence-electron chi connectivity index (χ4n) is 1.85. The molecule has 0 radical (unpaired) electrons. The minimum absolute atomic E-state index is 0.243. The molecule has 0 aliphatic carbocycles. The van der Waals surface area contributed by atoms with Gasteiger partial charge >= 0.3 is 12.2 Å². The van der Waals surface area contributed by atoms with E-state index in [1.807, 2.05) is 24.4 Å². The molecule has 0 aromatic carbocycles. The Hall–Kier alpha value is -1.76. The predicted molar refractivity (Wildman–Crippen MR) is 79.7 cm³/mol. The van der Waals surface area contributed by atoms with Gasteiger partial charge < -0.3 is 19.5 Å². The first-order valence-corrected chi connectivity index (χ1v) is 7.81. The minimum Gasteiger partial charge on any atom is -0.465 e. The SMILES string of the molecule is CCCN(CCC(OC(=O)OCC)c1cccs1)C(=O)O. The Balaban J connectivity index is 2.64. The average Bonchev–Trinajstić information content (AvgIpc) is 2.95. The van der Waals surface area contributed by atoms with Crippen LogP contribution in [0.4, 0.5) is 9.59 Å². The predicted octanol–water partition coefficient (Wildman–Crippen LogP) is 3.74. The molecule has 1 aromatic heterocycles. The van der Waals surface area contributed by atoms with E-state index in [0.717, 1.165) is 11.3 Å². The second-order valence-electron chi connectivity index (χ2n) is 4.36. The van der Waals surface area contributed by atoms with Crippen molar-refractivity contribution >= 4 is 23.6 Å². The van der Waals surface area contributed by atoms with Crippen molar-refractivity contribution in [2.75, 3.05) is 19.7 Å². The highest BCUT2D eigenvalue weighted by molar-refractivity contribution is 7.10. The summed E-state index contributed by atoms with van der Waals surface area (Å²) < 4.78 is 10.1. The van der Waals surface area contributed by atoms with Crippen LogP contribution in [0.5, 0.6) is 0 Å². The van der Waals surface area contributed by atoms with Gasteiger partial charge in [0.15, 0.2) is 0 Å². The van der Waals surface area contributed by atoms with Crippen molar-refractivity contribution in [2.24, 2.45) is 0 Å². The summed E-state index contributed by atoms with van der Waals surface area (Å²) in [6.07, 6.45) is -1.02. The summed E-state index contributed by atoms with van der Waals surface area (Å²) in [5, 5.41) is 11.0. The normalized spacial score (nSPS) is 11.7. The molecule has 1 aromatic rings. The van der Waals surface area contributed by atoms with Crippen LogP contribution in [-0.2, 0) is 9.47 Å². The highest BCUT2D eigenvalue weighted by atomic mass is 32.1. The summed E-state index contributed by atoms with van der Waals surface area (Å²) in [7, 11) is 0. The van der Waals surface area contributed by atoms with Crippen LogP contribution in [0.1, 0.15) is 37.7 Å². The van der Waals surface area contributed by atoms with Gasteiger partial charge in [-0.15, -0.1) is 11.3 Å². The molecular formula is C14H21NO5S. The molecule has 0 bridgehead atoms. The van der Waals surface area contributed by atoms with E-state index in [4.69, 9.17) is 14.6 Å². The average molecular weight is 315 g/mol. The van der Waals surface area contributed by atoms with Crippen LogP contribution < -0.4 is 0 Å². The van der Waals surface area contributed by atoms with Gasteiger partial charge in [0, 0.05) is 24.4 Å². The van der Waals surface area contributed by atoms with Crippen molar-refractivity contribution in [3.05, 3.63) is 22.4 Å². The molecular weight excluding hydrogens is 294 g/mol. The van der Waals surface area contributed by atoms with Crippen LogP contribution >= 0.6 is 11.3 Å². The maximum absolute atomic E-state index is 11.5. The number of hydrogen-bond donors (Lipinski definition) is 1. The van der Waals surface area contributed by atoms with E-state index in [1.165, 1.54) is 16.2 Å². The summed E-state index contributed by atoms with van der Waals surface area (Å²) in [5.74, 6) is 0. The fourth-order valence-corrected chi connectivity index (χ4v) is 2.64. The van der Waals surface area contributed by atoms with E-state index in [1.54, 1.807) is 6.92 Å². The van der Waals surface area contributed by atoms with Crippen molar-refractivity contribution < 1.29 is 24.2 Å². The molecule has 1 rings (SSSR count). The maximum atomic E-state index is 11.5. The fraction of sp³-hybridized carbons (Fsp3) is 0.571. The number of amides is 1. The molecule has 1 amide bonds. The Morgan fingerprint density at radius 2 is 2.14 bits per heavy atom. The Bertz CT molecular complexity index is 435. The first-order chi connectivity index (χ1) is 10.1. The Labute approximate surface area is 128 Å². The molecule has 0 saturated carbocycles. The second kappa shape index (κ2) is 9.23. The van der Waals surface area contributed by atoms with Gasteiger partial charge in [-0.05, 0) is 24.8 Å². The van der Waals surface area contributed by atoms with Gasteiger partial charge in [0.05, 0.1) is 6.61 Å². The van der Waals surface area contributed by atoms with Gasteiger partial charge in [-0.1, -0.05) is 13.0 Å². The van der Waals surface area contributed by atoms with E-state index < -0.39 is 18.4 Å². The monoisotopic (exact) mass is 315 g/mol. The van der Waals surface area contributed by atoms with Gasteiger partial charge in [0.1, 0.15) is 6.10 Å². The molecule has 6 nitrogen and oxygen atoms in total. The summed E-state index contributed by atoms with van der Waals surface area (Å²) in [6, 6.07) is 3.72. The van der Waals surface area contributed by atoms with Crippen LogP contribution in [0.3, 0.4) is 0 Å². The number of carboxylic acid groups (broad SMARTS) is 1. The van der Waals surface area contributed by atoms with Crippen molar-refractivity contribution in [3.63, 3.8) is 0 Å². The molecule has 0 spiro atoms. The maximum Gasteiger partial charge on any atom is 0.508 e. The Morgan fingerprint density at radius 3 is 2.67 bits per heavy atom. The van der Waals surface area contributed by atoms with E-state index in [9.17, 15) is 9.59 Å². The molecule has 0 aliphatic rings. The first kappa shape index (κ1) is 17.3. The molecule has 21 heavy (non-hydrogen) atoms. The van der Waals surface area contributed by atoms with E-state index in [2.05, 4.69) is 0 Å². The largest absolute Gasteiger partial charge is 0.508 e. The zero-order valence-corrected chi connectivity index (χ0v) is 13.1. The van der Waals surface area contributed by atoms with Crippen LogP contribution in [0.25, 0.3) is 0 Å². The molecule has 0 saturated heterocycles. The third-order valence-electron chi connectivity index (χ3n) is 2.79. The lowest BCUT2D eigenvalue weighted by Crippen LogP contribution is -2.32. The second-order valence-corrected chi connectivity index (χ2v) is 5.34. The molecule has 0 aliphatic heterocycles. The van der Waals surface area contributed by atoms with Gasteiger partial charge in [-0.25, -0.2) is 9.59 Å². The quantitative estimate of drug-likeness (QED) is 0.739. The zero-order chi connectivity index (χ0) is 15.7. The van der Waals surface area contributed by atoms with Crippen molar-refractivity contribution in [1.82, 2.24) is 4.90 Å². The number of hydrogen-bond acceptors (Lipinski definition) is 5. The zero-order valence-electron chi connectivity index (χ0n) is 12.3. The van der Waals surface area contributed by atoms with Crippen LogP contribution in [0.2, 0.25) is 0 Å². The molecule has 118 valence electrons. The Kier molecular flexibility index (Phi) is 7.60. The van der Waals surface area contributed by atoms with E-state index in [-0.39, 0.29) is 6.61 Å². The highest BCUT2D eigenvalue weighted by Gasteiger charge is 2.21. The van der Waals surface area contributed by atoms with E-state index in [0.29, 0.717) is 19.5 Å². The van der Waals surface area contributed by atoms with Crippen molar-refractivity contribution in [2.45, 2.75) is 32.8 Å². The number of rotatable bonds is 8. The van der Waals surface area contributed by atoms with Crippen molar-refractivity contribution in [3.8, 4) is 0 Å². The van der Waals surface area contributed by atoms with Gasteiger partial charge in [-0.2, -0.15) is 0 Å². The first-order valence-electron chi connectivity index (χ1n) is 6.93. The third kappa shape index (κ3) is 6.03. The van der Waals surface area contributed by atoms with Gasteiger partial charge in [0.2, 0.25) is 0 Å². The Morgan fingerprint density at radius 1 is 1.38 bits per heavy atom. The summed E-state index contributed by atoms with van der Waals surface area (Å²) in [6.45, 7) is 4.64. The smallest absolute Gasteiger partial charge is 0.465 e. The van der Waals surface area contributed by atoms with Crippen LogP contribution in [0, 0.1) is 0 Å². The number of thiophene rings is 1. The molecule has 1 heterocycles. The number of nitrogens with zero attached hydrogens (tertiary/aromatic N) is 1. The molecule has 1 N–H and O–H groups in total. The van der Waals surface area contributed by atoms with Gasteiger partial charge in [-0.3, -0.25) is 0 Å². The topological polar surface area (TPSA) is 76.1 Å². The lowest BCUT2D eigenvalue weighted by atomic mass is 10.2. The summed E-state index contributed by atoms with van der Waals surface area (Å²) in [5.41, 5.74) is 0. The van der Waals surface area contributed by atoms with E-state index >= 15 is 0 Å². The minimum atomic E-state index is -0.960. The molecule has 7 heteroatoms. The molecule has 0 fully saturated rings. The standard InChI is InChI=1S/C14H21NO5S/c1-3-8-15(13(16)17)9-7-11(12-6-5-10-21-12)20-14(18)19-4-2/h5-6,10-11H,3-4,7-9H2,1-2H3,(H,16,17). The molecule has 1 unspecified atom stereocenters. The highest BCUT2D eigenvalue weighted by Crippen LogP contribution is 2.26. The van der Waals surface area contributed by atoms with Crippen LogP contribution in [0.15, 0.2) is 17.5 Å². The number of carbonyl (C=O) groups is 2. The lowest BCUT2D eigenvalue weighted by molar-refractivity contribution is 0.0209. The molecule has 1 atom stereocenters. The number of ether oxygens (including phenoxy) is 2. The number of carbonyl (C=O) groups excluding carboxylic acids is 1. The van der Waals surface area contributed by atoms with Crippen LogP contribution in [-0.4, -0.2) is 42.0 Å². The summed E-state index contributed by atoms with van der Waals surface area (Å²) in [4.78, 5) is 24.8. The van der Waals surface area contributed by atoms with Gasteiger partial charge in [0.25, 0.3) is 0 Å².